The van der Waals surface area contributed by atoms with E-state index < -0.39 is 0 Å². The van der Waals surface area contributed by atoms with Crippen LogP contribution in [0, 0.1) is 0 Å². The maximum absolute atomic E-state index is 9.74. The first kappa shape index (κ1) is 17.5. The van der Waals surface area contributed by atoms with Gasteiger partial charge in [0.25, 0.3) is 0 Å². The number of benzene rings is 2. The Hall–Kier alpha value is -3.28. The van der Waals surface area contributed by atoms with E-state index in [0.717, 1.165) is 16.9 Å². The predicted molar refractivity (Wildman–Crippen MR) is 101 cm³/mol. The zero-order chi connectivity index (χ0) is 18.5. The minimum Gasteiger partial charge on any atom is -0.504 e. The van der Waals surface area contributed by atoms with E-state index in [1.54, 1.807) is 37.7 Å². The molecule has 26 heavy (non-hydrogen) atoms. The second-order valence-corrected chi connectivity index (χ2v) is 5.82. The van der Waals surface area contributed by atoms with Gasteiger partial charge in [-0.25, -0.2) is 4.98 Å². The number of hydrogen-bond donors (Lipinski definition) is 2. The normalized spacial score (nSPS) is 11.7. The fraction of sp³-hybridized carbons (Fsp3) is 0.200. The summed E-state index contributed by atoms with van der Waals surface area (Å²) in [4.78, 5) is 8.88. The SMILES string of the molecule is COc1cccc([C@H](C)Nc2cncc(-c3ccc(O)c(OC)c3)n2)c1. The van der Waals surface area contributed by atoms with E-state index in [1.807, 2.05) is 31.2 Å². The second-order valence-electron chi connectivity index (χ2n) is 5.82. The average molecular weight is 351 g/mol. The molecule has 0 aliphatic carbocycles. The summed E-state index contributed by atoms with van der Waals surface area (Å²) in [6.45, 7) is 2.05. The lowest BCUT2D eigenvalue weighted by Gasteiger charge is -2.16. The molecular formula is C20H21N3O3. The molecule has 2 N–H and O–H groups in total. The summed E-state index contributed by atoms with van der Waals surface area (Å²) < 4.78 is 10.4. The van der Waals surface area contributed by atoms with Gasteiger partial charge in [-0.3, -0.25) is 4.98 Å². The van der Waals surface area contributed by atoms with Crippen molar-refractivity contribution in [1.82, 2.24) is 9.97 Å². The molecule has 1 heterocycles. The highest BCUT2D eigenvalue weighted by Gasteiger charge is 2.10. The lowest BCUT2D eigenvalue weighted by Crippen LogP contribution is -2.08. The van der Waals surface area contributed by atoms with Crippen molar-refractivity contribution in [3.63, 3.8) is 0 Å². The molecule has 3 rings (SSSR count). The van der Waals surface area contributed by atoms with Crippen LogP contribution in [0.15, 0.2) is 54.9 Å². The van der Waals surface area contributed by atoms with Crippen LogP contribution in [0.4, 0.5) is 5.82 Å². The van der Waals surface area contributed by atoms with Crippen LogP contribution >= 0.6 is 0 Å². The molecule has 0 fully saturated rings. The molecule has 0 aliphatic heterocycles. The topological polar surface area (TPSA) is 76.5 Å². The first-order valence-electron chi connectivity index (χ1n) is 8.20. The number of nitrogens with zero attached hydrogens (tertiary/aromatic N) is 2. The Labute approximate surface area is 152 Å². The number of hydrogen-bond acceptors (Lipinski definition) is 6. The van der Waals surface area contributed by atoms with E-state index >= 15 is 0 Å². The molecular weight excluding hydrogens is 330 g/mol. The molecule has 2 aromatic carbocycles. The monoisotopic (exact) mass is 351 g/mol. The Kier molecular flexibility index (Phi) is 5.22. The maximum Gasteiger partial charge on any atom is 0.161 e. The van der Waals surface area contributed by atoms with Crippen LogP contribution < -0.4 is 14.8 Å². The first-order valence-corrected chi connectivity index (χ1v) is 8.20. The standard InChI is InChI=1S/C20H21N3O3/c1-13(14-5-4-6-16(9-14)25-2)22-20-12-21-11-17(23-20)15-7-8-18(24)19(10-15)26-3/h4-13,24H,1-3H3,(H,22,23)/t13-/m0/s1. The summed E-state index contributed by atoms with van der Waals surface area (Å²) in [5, 5.41) is 13.1. The molecule has 0 amide bonds. The van der Waals surface area contributed by atoms with Crippen LogP contribution in [-0.4, -0.2) is 29.3 Å². The zero-order valence-electron chi connectivity index (χ0n) is 14.9. The zero-order valence-corrected chi connectivity index (χ0v) is 14.9. The van der Waals surface area contributed by atoms with Gasteiger partial charge in [-0.15, -0.1) is 0 Å². The molecule has 6 nitrogen and oxygen atoms in total. The Bertz CT molecular complexity index is 899. The minimum atomic E-state index is 0.0315. The summed E-state index contributed by atoms with van der Waals surface area (Å²) in [6, 6.07) is 13.0. The second kappa shape index (κ2) is 7.74. The number of methoxy groups -OCH3 is 2. The number of aromatic hydroxyl groups is 1. The molecule has 1 aromatic heterocycles. The molecule has 134 valence electrons. The highest BCUT2D eigenvalue weighted by molar-refractivity contribution is 5.64. The summed E-state index contributed by atoms with van der Waals surface area (Å²) in [6.07, 6.45) is 3.35. The molecule has 0 unspecified atom stereocenters. The van der Waals surface area contributed by atoms with Gasteiger partial charge in [-0.1, -0.05) is 12.1 Å². The van der Waals surface area contributed by atoms with Crippen LogP contribution in [-0.2, 0) is 0 Å². The summed E-state index contributed by atoms with van der Waals surface area (Å²) >= 11 is 0. The minimum absolute atomic E-state index is 0.0315. The van der Waals surface area contributed by atoms with E-state index in [1.165, 1.54) is 7.11 Å². The first-order chi connectivity index (χ1) is 12.6. The van der Waals surface area contributed by atoms with E-state index in [0.29, 0.717) is 17.3 Å². The molecule has 6 heteroatoms. The van der Waals surface area contributed by atoms with Crippen molar-refractivity contribution in [3.8, 4) is 28.5 Å². The van der Waals surface area contributed by atoms with Gasteiger partial charge in [-0.05, 0) is 42.8 Å². The number of ether oxygens (including phenoxy) is 2. The van der Waals surface area contributed by atoms with Gasteiger partial charge in [0.1, 0.15) is 11.6 Å². The lowest BCUT2D eigenvalue weighted by molar-refractivity contribution is 0.373. The van der Waals surface area contributed by atoms with Crippen molar-refractivity contribution in [1.29, 1.82) is 0 Å². The van der Waals surface area contributed by atoms with Crippen molar-refractivity contribution < 1.29 is 14.6 Å². The van der Waals surface area contributed by atoms with E-state index in [-0.39, 0.29) is 11.8 Å². The Morgan fingerprint density at radius 1 is 1.04 bits per heavy atom. The fourth-order valence-electron chi connectivity index (χ4n) is 2.63. The molecule has 0 saturated carbocycles. The summed E-state index contributed by atoms with van der Waals surface area (Å²) in [5.41, 5.74) is 2.58. The van der Waals surface area contributed by atoms with Gasteiger partial charge in [0.05, 0.1) is 38.3 Å². The summed E-state index contributed by atoms with van der Waals surface area (Å²) in [7, 11) is 3.16. The quantitative estimate of drug-likeness (QED) is 0.698. The van der Waals surface area contributed by atoms with Gasteiger partial charge in [0.15, 0.2) is 11.5 Å². The molecule has 0 spiro atoms. The summed E-state index contributed by atoms with van der Waals surface area (Å²) in [5.74, 6) is 1.95. The molecule has 1 atom stereocenters. The number of nitrogens with one attached hydrogen (secondary N) is 1. The average Bonchev–Trinajstić information content (AvgIpc) is 2.68. The van der Waals surface area contributed by atoms with E-state index in [9.17, 15) is 5.11 Å². The third kappa shape index (κ3) is 3.85. The van der Waals surface area contributed by atoms with Crippen LogP contribution in [0.3, 0.4) is 0 Å². The van der Waals surface area contributed by atoms with Crippen LogP contribution in [0.2, 0.25) is 0 Å². The number of aromatic nitrogens is 2. The number of rotatable bonds is 6. The van der Waals surface area contributed by atoms with Gasteiger partial charge in [0.2, 0.25) is 0 Å². The fourth-order valence-corrected chi connectivity index (χ4v) is 2.63. The van der Waals surface area contributed by atoms with Crippen molar-refractivity contribution in [2.24, 2.45) is 0 Å². The largest absolute Gasteiger partial charge is 0.504 e. The van der Waals surface area contributed by atoms with Gasteiger partial charge < -0.3 is 19.9 Å². The Balaban J connectivity index is 1.83. The van der Waals surface area contributed by atoms with Crippen LogP contribution in [0.25, 0.3) is 11.3 Å². The highest BCUT2D eigenvalue weighted by Crippen LogP contribution is 2.31. The molecule has 0 saturated heterocycles. The number of phenols is 1. The molecule has 3 aromatic rings. The van der Waals surface area contributed by atoms with Gasteiger partial charge in [-0.2, -0.15) is 0 Å². The molecule has 0 radical (unpaired) electrons. The maximum atomic E-state index is 9.74. The van der Waals surface area contributed by atoms with E-state index in [4.69, 9.17) is 9.47 Å². The van der Waals surface area contributed by atoms with Gasteiger partial charge >= 0.3 is 0 Å². The van der Waals surface area contributed by atoms with Crippen LogP contribution in [0.1, 0.15) is 18.5 Å². The highest BCUT2D eigenvalue weighted by atomic mass is 16.5. The van der Waals surface area contributed by atoms with Crippen LogP contribution in [0.5, 0.6) is 17.2 Å². The third-order valence-electron chi connectivity index (χ3n) is 4.07. The smallest absolute Gasteiger partial charge is 0.161 e. The third-order valence-corrected chi connectivity index (χ3v) is 4.07. The van der Waals surface area contributed by atoms with Crippen molar-refractivity contribution in [2.75, 3.05) is 19.5 Å². The number of anilines is 1. The number of phenolic OH excluding ortho intramolecular Hbond substituents is 1. The van der Waals surface area contributed by atoms with Crippen molar-refractivity contribution in [2.45, 2.75) is 13.0 Å². The van der Waals surface area contributed by atoms with Gasteiger partial charge in [0, 0.05) is 5.56 Å². The van der Waals surface area contributed by atoms with Crippen molar-refractivity contribution in [3.05, 3.63) is 60.4 Å². The Morgan fingerprint density at radius 3 is 2.65 bits per heavy atom. The van der Waals surface area contributed by atoms with E-state index in [2.05, 4.69) is 15.3 Å². The molecule has 0 aliphatic rings. The lowest BCUT2D eigenvalue weighted by atomic mass is 10.1. The Morgan fingerprint density at radius 2 is 1.88 bits per heavy atom. The predicted octanol–water partition coefficient (Wildman–Crippen LogP) is 4.04. The molecule has 0 bridgehead atoms. The van der Waals surface area contributed by atoms with Crippen molar-refractivity contribution >= 4 is 5.82 Å².